The lowest BCUT2D eigenvalue weighted by Gasteiger charge is -2.35. The molecule has 2 heteroatoms. The van der Waals surface area contributed by atoms with Crippen LogP contribution in [0.25, 0.3) is 0 Å². The Kier molecular flexibility index (Phi) is 2.93. The van der Waals surface area contributed by atoms with Crippen LogP contribution in [-0.2, 0) is 0 Å². The van der Waals surface area contributed by atoms with Gasteiger partial charge in [-0.2, -0.15) is 0 Å². The van der Waals surface area contributed by atoms with Crippen molar-refractivity contribution in [2.24, 2.45) is 5.41 Å². The maximum absolute atomic E-state index is 3.63. The van der Waals surface area contributed by atoms with Gasteiger partial charge < -0.3 is 5.32 Å². The first-order valence-corrected chi connectivity index (χ1v) is 6.76. The number of hydrogen-bond acceptors (Lipinski definition) is 2. The van der Waals surface area contributed by atoms with E-state index in [9.17, 15) is 0 Å². The molecule has 0 bridgehead atoms. The summed E-state index contributed by atoms with van der Waals surface area (Å²) in [6, 6.07) is 11.4. The minimum Gasteiger partial charge on any atom is -0.308 e. The molecule has 0 spiro atoms. The molecule has 2 fully saturated rings. The molecule has 2 nitrogen and oxygen atoms in total. The van der Waals surface area contributed by atoms with E-state index in [1.807, 2.05) is 0 Å². The minimum absolute atomic E-state index is 0.521. The minimum atomic E-state index is 0.521. The third kappa shape index (κ3) is 2.70. The maximum Gasteiger partial charge on any atom is 0.0449 e. The molecule has 1 heterocycles. The smallest absolute Gasteiger partial charge is 0.0449 e. The van der Waals surface area contributed by atoms with Gasteiger partial charge in [0.25, 0.3) is 0 Å². The van der Waals surface area contributed by atoms with Crippen molar-refractivity contribution in [3.63, 3.8) is 0 Å². The third-order valence-electron chi connectivity index (χ3n) is 4.17. The molecule has 1 N–H and O–H groups in total. The van der Waals surface area contributed by atoms with E-state index in [4.69, 9.17) is 0 Å². The molecule has 0 radical (unpaired) electrons. The number of nitrogens with one attached hydrogen (secondary N) is 1. The Bertz CT molecular complexity index is 370. The third-order valence-corrected chi connectivity index (χ3v) is 4.17. The average molecular weight is 230 g/mol. The molecule has 1 aromatic carbocycles. The summed E-state index contributed by atoms with van der Waals surface area (Å²) in [6.07, 6.45) is 2.85. The van der Waals surface area contributed by atoms with Gasteiger partial charge in [0, 0.05) is 32.2 Å². The summed E-state index contributed by atoms with van der Waals surface area (Å²) in [5.74, 6) is 0. The molecule has 0 amide bonds. The normalized spacial score (nSPS) is 27.9. The van der Waals surface area contributed by atoms with Crippen molar-refractivity contribution in [2.75, 3.05) is 26.2 Å². The van der Waals surface area contributed by atoms with E-state index in [2.05, 4.69) is 47.5 Å². The monoisotopic (exact) mass is 230 g/mol. The van der Waals surface area contributed by atoms with Crippen LogP contribution in [0.4, 0.5) is 0 Å². The summed E-state index contributed by atoms with van der Waals surface area (Å²) >= 11 is 0. The van der Waals surface area contributed by atoms with Crippen LogP contribution in [0.5, 0.6) is 0 Å². The Labute approximate surface area is 104 Å². The molecule has 1 aliphatic carbocycles. The molecule has 2 aliphatic rings. The number of piperazine rings is 1. The fraction of sp³-hybridized carbons (Fsp3) is 0.600. The van der Waals surface area contributed by atoms with Crippen LogP contribution < -0.4 is 5.32 Å². The van der Waals surface area contributed by atoms with E-state index in [-0.39, 0.29) is 0 Å². The molecule has 0 aromatic heterocycles. The highest BCUT2D eigenvalue weighted by Crippen LogP contribution is 2.45. The zero-order chi connectivity index (χ0) is 11.7. The highest BCUT2D eigenvalue weighted by atomic mass is 15.2. The van der Waals surface area contributed by atoms with E-state index in [0.717, 1.165) is 6.54 Å². The highest BCUT2D eigenvalue weighted by molar-refractivity contribution is 5.19. The molecule has 1 unspecified atom stereocenters. The Morgan fingerprint density at radius 3 is 2.76 bits per heavy atom. The highest BCUT2D eigenvalue weighted by Gasteiger charge is 2.39. The molecule has 1 aromatic rings. The van der Waals surface area contributed by atoms with E-state index in [1.54, 1.807) is 0 Å². The maximum atomic E-state index is 3.63. The van der Waals surface area contributed by atoms with E-state index < -0.39 is 0 Å². The summed E-state index contributed by atoms with van der Waals surface area (Å²) in [6.45, 7) is 7.21. The fourth-order valence-corrected chi connectivity index (χ4v) is 2.77. The second kappa shape index (κ2) is 4.43. The topological polar surface area (TPSA) is 15.3 Å². The van der Waals surface area contributed by atoms with Crippen molar-refractivity contribution in [1.82, 2.24) is 10.2 Å². The van der Waals surface area contributed by atoms with Gasteiger partial charge in [0.05, 0.1) is 0 Å². The standard InChI is InChI=1S/C15H22N2/c1-15(7-8-15)12-17-10-9-16-14(11-17)13-5-3-2-4-6-13/h2-6,14,16H,7-12H2,1H3. The van der Waals surface area contributed by atoms with Crippen LogP contribution in [-0.4, -0.2) is 31.1 Å². The number of nitrogens with zero attached hydrogens (tertiary/aromatic N) is 1. The molecular weight excluding hydrogens is 208 g/mol. The molecule has 1 atom stereocenters. The van der Waals surface area contributed by atoms with Gasteiger partial charge in [-0.1, -0.05) is 37.3 Å². The van der Waals surface area contributed by atoms with Gasteiger partial charge in [0.1, 0.15) is 0 Å². The summed E-state index contributed by atoms with van der Waals surface area (Å²) < 4.78 is 0. The lowest BCUT2D eigenvalue weighted by atomic mass is 10.0. The Morgan fingerprint density at radius 2 is 2.06 bits per heavy atom. The van der Waals surface area contributed by atoms with Crippen molar-refractivity contribution in [3.05, 3.63) is 35.9 Å². The lowest BCUT2D eigenvalue weighted by molar-refractivity contribution is 0.171. The van der Waals surface area contributed by atoms with Crippen molar-refractivity contribution >= 4 is 0 Å². The summed E-state index contributed by atoms with van der Waals surface area (Å²) in [4.78, 5) is 2.64. The van der Waals surface area contributed by atoms with Gasteiger partial charge in [-0.15, -0.1) is 0 Å². The Hall–Kier alpha value is -0.860. The van der Waals surface area contributed by atoms with Crippen LogP contribution in [0.3, 0.4) is 0 Å². The van der Waals surface area contributed by atoms with Crippen LogP contribution in [0.1, 0.15) is 31.4 Å². The van der Waals surface area contributed by atoms with E-state index in [0.29, 0.717) is 11.5 Å². The van der Waals surface area contributed by atoms with Crippen LogP contribution >= 0.6 is 0 Å². The number of hydrogen-bond donors (Lipinski definition) is 1. The van der Waals surface area contributed by atoms with Gasteiger partial charge in [-0.25, -0.2) is 0 Å². The number of benzene rings is 1. The van der Waals surface area contributed by atoms with Gasteiger partial charge in [-0.05, 0) is 23.8 Å². The molecular formula is C15H22N2. The quantitative estimate of drug-likeness (QED) is 0.858. The zero-order valence-electron chi connectivity index (χ0n) is 10.7. The Balaban J connectivity index is 1.63. The molecule has 92 valence electrons. The average Bonchev–Trinajstić information content (AvgIpc) is 3.08. The van der Waals surface area contributed by atoms with Crippen LogP contribution in [0.2, 0.25) is 0 Å². The summed E-state index contributed by atoms with van der Waals surface area (Å²) in [5, 5.41) is 3.63. The summed E-state index contributed by atoms with van der Waals surface area (Å²) in [5.41, 5.74) is 2.07. The summed E-state index contributed by atoms with van der Waals surface area (Å²) in [7, 11) is 0. The molecule has 1 aliphatic heterocycles. The second-order valence-electron chi connectivity index (χ2n) is 5.96. The largest absolute Gasteiger partial charge is 0.308 e. The molecule has 17 heavy (non-hydrogen) atoms. The predicted molar refractivity (Wildman–Crippen MR) is 71.0 cm³/mol. The van der Waals surface area contributed by atoms with Gasteiger partial charge >= 0.3 is 0 Å². The van der Waals surface area contributed by atoms with Crippen LogP contribution in [0.15, 0.2) is 30.3 Å². The lowest BCUT2D eigenvalue weighted by Crippen LogP contribution is -2.47. The first kappa shape index (κ1) is 11.2. The van der Waals surface area contributed by atoms with Gasteiger partial charge in [-0.3, -0.25) is 4.90 Å². The van der Waals surface area contributed by atoms with Crippen molar-refractivity contribution in [3.8, 4) is 0 Å². The molecule has 1 saturated heterocycles. The van der Waals surface area contributed by atoms with Gasteiger partial charge in [0.15, 0.2) is 0 Å². The van der Waals surface area contributed by atoms with E-state index in [1.165, 1.54) is 38.0 Å². The van der Waals surface area contributed by atoms with Crippen molar-refractivity contribution < 1.29 is 0 Å². The van der Waals surface area contributed by atoms with E-state index >= 15 is 0 Å². The van der Waals surface area contributed by atoms with Crippen LogP contribution in [0, 0.1) is 5.41 Å². The SMILES string of the molecule is CC1(CN2CCNC(c3ccccc3)C2)CC1. The first-order chi connectivity index (χ1) is 8.25. The first-order valence-electron chi connectivity index (χ1n) is 6.76. The zero-order valence-corrected chi connectivity index (χ0v) is 10.7. The second-order valence-corrected chi connectivity index (χ2v) is 5.96. The van der Waals surface area contributed by atoms with Gasteiger partial charge in [0.2, 0.25) is 0 Å². The molecule has 3 rings (SSSR count). The Morgan fingerprint density at radius 1 is 1.29 bits per heavy atom. The van der Waals surface area contributed by atoms with Crippen molar-refractivity contribution in [1.29, 1.82) is 0 Å². The fourth-order valence-electron chi connectivity index (χ4n) is 2.77. The number of rotatable bonds is 3. The van der Waals surface area contributed by atoms with Crippen molar-refractivity contribution in [2.45, 2.75) is 25.8 Å². The predicted octanol–water partition coefficient (Wildman–Crippen LogP) is 2.43. The molecule has 1 saturated carbocycles.